The minimum absolute atomic E-state index is 0.0724. The Morgan fingerprint density at radius 1 is 1.19 bits per heavy atom. The summed E-state index contributed by atoms with van der Waals surface area (Å²) in [7, 11) is 0. The molecule has 1 aromatic heterocycles. The first kappa shape index (κ1) is 15.6. The lowest BCUT2D eigenvalue weighted by Gasteiger charge is -2.17. The Morgan fingerprint density at radius 3 is 2.52 bits per heavy atom. The second-order valence-corrected chi connectivity index (χ2v) is 5.93. The van der Waals surface area contributed by atoms with Crippen molar-refractivity contribution in [1.82, 2.24) is 5.32 Å². The summed E-state index contributed by atoms with van der Waals surface area (Å²) >= 11 is 1.78. The van der Waals surface area contributed by atoms with E-state index in [1.165, 1.54) is 4.88 Å². The fourth-order valence-electron chi connectivity index (χ4n) is 2.23. The van der Waals surface area contributed by atoms with Gasteiger partial charge < -0.3 is 10.6 Å². The molecule has 1 unspecified atom stereocenters. The average Bonchev–Trinajstić information content (AvgIpc) is 3.01. The van der Waals surface area contributed by atoms with Crippen LogP contribution in [-0.4, -0.2) is 12.5 Å². The molecule has 0 fully saturated rings. The van der Waals surface area contributed by atoms with Crippen LogP contribution in [0.2, 0.25) is 0 Å². The van der Waals surface area contributed by atoms with Crippen molar-refractivity contribution in [2.75, 3.05) is 11.9 Å². The van der Waals surface area contributed by atoms with Crippen molar-refractivity contribution in [3.8, 4) is 0 Å². The molecule has 3 nitrogen and oxygen atoms in total. The first-order chi connectivity index (χ1) is 10.2. The van der Waals surface area contributed by atoms with Crippen LogP contribution >= 0.6 is 11.3 Å². The van der Waals surface area contributed by atoms with Gasteiger partial charge in [-0.15, -0.1) is 11.3 Å². The molecule has 0 radical (unpaired) electrons. The number of carbonyl (C=O) groups is 1. The molecule has 1 amide bonds. The van der Waals surface area contributed by atoms with Crippen molar-refractivity contribution < 1.29 is 4.79 Å². The minimum atomic E-state index is 0.0724. The lowest BCUT2D eigenvalue weighted by Crippen LogP contribution is -2.24. The molecule has 0 bridgehead atoms. The maximum atomic E-state index is 11.6. The van der Waals surface area contributed by atoms with Crippen LogP contribution in [0.1, 0.15) is 36.8 Å². The summed E-state index contributed by atoms with van der Waals surface area (Å²) in [6.45, 7) is 4.79. The smallest absolute Gasteiger partial charge is 0.224 e. The third kappa shape index (κ3) is 4.60. The Labute approximate surface area is 130 Å². The summed E-state index contributed by atoms with van der Waals surface area (Å²) in [6, 6.07) is 12.7. The number of hydrogen-bond donors (Lipinski definition) is 2. The van der Waals surface area contributed by atoms with E-state index in [-0.39, 0.29) is 5.91 Å². The van der Waals surface area contributed by atoms with E-state index >= 15 is 0 Å². The zero-order valence-corrected chi connectivity index (χ0v) is 13.4. The van der Waals surface area contributed by atoms with Crippen molar-refractivity contribution in [3.63, 3.8) is 0 Å². The SMILES string of the molecule is CCNC(=O)Cc1ccc(NC(CC)c2cccs2)cc1. The van der Waals surface area contributed by atoms with Gasteiger partial charge in [-0.3, -0.25) is 4.79 Å². The Bertz CT molecular complexity index is 549. The van der Waals surface area contributed by atoms with Gasteiger partial charge in [-0.1, -0.05) is 25.1 Å². The molecule has 0 aliphatic rings. The van der Waals surface area contributed by atoms with E-state index in [1.54, 1.807) is 11.3 Å². The molecule has 1 atom stereocenters. The highest BCUT2D eigenvalue weighted by Gasteiger charge is 2.10. The lowest BCUT2D eigenvalue weighted by atomic mass is 10.1. The van der Waals surface area contributed by atoms with E-state index in [4.69, 9.17) is 0 Å². The average molecular weight is 302 g/mol. The molecule has 1 heterocycles. The van der Waals surface area contributed by atoms with Crippen LogP contribution in [0.4, 0.5) is 5.69 Å². The lowest BCUT2D eigenvalue weighted by molar-refractivity contribution is -0.120. The number of benzene rings is 1. The molecule has 0 saturated heterocycles. The van der Waals surface area contributed by atoms with Crippen LogP contribution in [0, 0.1) is 0 Å². The predicted molar refractivity (Wildman–Crippen MR) is 89.8 cm³/mol. The van der Waals surface area contributed by atoms with Crippen LogP contribution in [-0.2, 0) is 11.2 Å². The van der Waals surface area contributed by atoms with Gasteiger partial charge >= 0.3 is 0 Å². The zero-order chi connectivity index (χ0) is 15.1. The number of rotatable bonds is 7. The van der Waals surface area contributed by atoms with Crippen molar-refractivity contribution >= 4 is 22.9 Å². The van der Waals surface area contributed by atoms with Gasteiger partial charge in [0.1, 0.15) is 0 Å². The molecule has 1 aromatic carbocycles. The Balaban J connectivity index is 1.97. The Hall–Kier alpha value is -1.81. The monoisotopic (exact) mass is 302 g/mol. The molecular weight excluding hydrogens is 280 g/mol. The molecule has 112 valence electrons. The Morgan fingerprint density at radius 2 is 1.95 bits per heavy atom. The molecule has 2 aromatic rings. The van der Waals surface area contributed by atoms with Crippen molar-refractivity contribution in [1.29, 1.82) is 0 Å². The number of amides is 1. The molecule has 2 N–H and O–H groups in total. The number of carbonyl (C=O) groups excluding carboxylic acids is 1. The van der Waals surface area contributed by atoms with Gasteiger partial charge in [-0.2, -0.15) is 0 Å². The molecule has 2 rings (SSSR count). The molecular formula is C17H22N2OS. The van der Waals surface area contributed by atoms with Crippen LogP contribution in [0.3, 0.4) is 0 Å². The number of likely N-dealkylation sites (N-methyl/N-ethyl adjacent to an activating group) is 1. The van der Waals surface area contributed by atoms with Gasteiger partial charge in [0, 0.05) is 17.1 Å². The highest BCUT2D eigenvalue weighted by Crippen LogP contribution is 2.26. The van der Waals surface area contributed by atoms with Gasteiger partial charge in [-0.25, -0.2) is 0 Å². The minimum Gasteiger partial charge on any atom is -0.377 e. The zero-order valence-electron chi connectivity index (χ0n) is 12.6. The summed E-state index contributed by atoms with van der Waals surface area (Å²) in [5, 5.41) is 8.47. The summed E-state index contributed by atoms with van der Waals surface area (Å²) in [4.78, 5) is 12.9. The summed E-state index contributed by atoms with van der Waals surface area (Å²) in [5.74, 6) is 0.0724. The van der Waals surface area contributed by atoms with Crippen LogP contribution in [0.5, 0.6) is 0 Å². The van der Waals surface area contributed by atoms with Crippen LogP contribution in [0.15, 0.2) is 41.8 Å². The number of thiophene rings is 1. The fraction of sp³-hybridized carbons (Fsp3) is 0.353. The molecule has 0 aliphatic heterocycles. The molecule has 4 heteroatoms. The van der Waals surface area contributed by atoms with E-state index in [0.29, 0.717) is 19.0 Å². The molecule has 21 heavy (non-hydrogen) atoms. The third-order valence-electron chi connectivity index (χ3n) is 3.33. The highest BCUT2D eigenvalue weighted by atomic mass is 32.1. The molecule has 0 saturated carbocycles. The third-order valence-corrected chi connectivity index (χ3v) is 4.31. The van der Waals surface area contributed by atoms with E-state index in [0.717, 1.165) is 17.7 Å². The second-order valence-electron chi connectivity index (χ2n) is 4.95. The molecule has 0 spiro atoms. The van der Waals surface area contributed by atoms with Crippen LogP contribution in [0.25, 0.3) is 0 Å². The Kier molecular flexibility index (Phi) is 5.81. The van der Waals surface area contributed by atoms with Gasteiger partial charge in [-0.05, 0) is 42.5 Å². The van der Waals surface area contributed by atoms with Gasteiger partial charge in [0.2, 0.25) is 5.91 Å². The summed E-state index contributed by atoms with van der Waals surface area (Å²) in [6.07, 6.45) is 1.48. The second kappa shape index (κ2) is 7.84. The highest BCUT2D eigenvalue weighted by molar-refractivity contribution is 7.10. The quantitative estimate of drug-likeness (QED) is 0.812. The van der Waals surface area contributed by atoms with E-state index in [1.807, 2.05) is 31.2 Å². The first-order valence-electron chi connectivity index (χ1n) is 7.38. The normalized spacial score (nSPS) is 11.9. The van der Waals surface area contributed by atoms with Crippen molar-refractivity contribution in [2.45, 2.75) is 32.7 Å². The first-order valence-corrected chi connectivity index (χ1v) is 8.26. The largest absolute Gasteiger partial charge is 0.377 e. The van der Waals surface area contributed by atoms with E-state index < -0.39 is 0 Å². The van der Waals surface area contributed by atoms with Crippen molar-refractivity contribution in [3.05, 3.63) is 52.2 Å². The number of hydrogen-bond acceptors (Lipinski definition) is 3. The maximum Gasteiger partial charge on any atom is 0.224 e. The number of nitrogens with one attached hydrogen (secondary N) is 2. The van der Waals surface area contributed by atoms with Crippen LogP contribution < -0.4 is 10.6 Å². The summed E-state index contributed by atoms with van der Waals surface area (Å²) in [5.41, 5.74) is 2.13. The number of anilines is 1. The fourth-order valence-corrected chi connectivity index (χ4v) is 3.09. The van der Waals surface area contributed by atoms with Gasteiger partial charge in [0.05, 0.1) is 12.5 Å². The van der Waals surface area contributed by atoms with E-state index in [9.17, 15) is 4.79 Å². The topological polar surface area (TPSA) is 41.1 Å². The van der Waals surface area contributed by atoms with Crippen molar-refractivity contribution in [2.24, 2.45) is 0 Å². The van der Waals surface area contributed by atoms with Gasteiger partial charge in [0.25, 0.3) is 0 Å². The van der Waals surface area contributed by atoms with Gasteiger partial charge in [0.15, 0.2) is 0 Å². The maximum absolute atomic E-state index is 11.6. The standard InChI is InChI=1S/C17H22N2OS/c1-3-15(16-6-5-11-21-16)19-14-9-7-13(8-10-14)12-17(20)18-4-2/h5-11,15,19H,3-4,12H2,1-2H3,(H,18,20). The predicted octanol–water partition coefficient (Wildman–Crippen LogP) is 3.99. The summed E-state index contributed by atoms with van der Waals surface area (Å²) < 4.78 is 0. The molecule has 0 aliphatic carbocycles. The van der Waals surface area contributed by atoms with E-state index in [2.05, 4.69) is 35.1 Å².